The molecule has 0 bridgehead atoms. The molecule has 1 aliphatic carbocycles. The minimum absolute atomic E-state index is 0.0295. The molecule has 1 saturated carbocycles. The maximum Gasteiger partial charge on any atom is 0.387 e. The Morgan fingerprint density at radius 3 is 2.68 bits per heavy atom. The zero-order valence-corrected chi connectivity index (χ0v) is 12.0. The number of benzene rings is 1. The molecule has 1 N–H and O–H groups in total. The molecule has 1 saturated heterocycles. The number of hydrogen-bond donors (Lipinski definition) is 1. The van der Waals surface area contributed by atoms with Crippen LogP contribution in [0.3, 0.4) is 0 Å². The van der Waals surface area contributed by atoms with E-state index in [1.165, 1.54) is 6.07 Å². The highest BCUT2D eigenvalue weighted by Crippen LogP contribution is 2.43. The molecule has 0 aromatic heterocycles. The number of rotatable bonds is 5. The Morgan fingerprint density at radius 2 is 2.05 bits per heavy atom. The van der Waals surface area contributed by atoms with Crippen LogP contribution in [0.1, 0.15) is 25.3 Å². The third kappa shape index (κ3) is 2.51. The van der Waals surface area contributed by atoms with E-state index in [-0.39, 0.29) is 24.1 Å². The number of ether oxygens (including phenoxy) is 1. The molecule has 2 aliphatic rings. The summed E-state index contributed by atoms with van der Waals surface area (Å²) in [5.74, 6) is -0.188. The number of nitrogens with zero attached hydrogens (tertiary/aromatic N) is 1. The first-order valence-electron chi connectivity index (χ1n) is 7.08. The standard InChI is InChI=1S/C15H16F2N2O3/c1-15(10-6-7-10)12(20)19(14(21)18-15)8-9-4-2-3-5-11(9)22-13(16)17/h2-5,10,13H,6-8H2,1H3,(H,18,21). The van der Waals surface area contributed by atoms with Crippen LogP contribution in [-0.2, 0) is 11.3 Å². The number of halogens is 2. The Bertz CT molecular complexity index is 619. The van der Waals surface area contributed by atoms with E-state index in [1.807, 2.05) is 0 Å². The molecule has 1 heterocycles. The number of imide groups is 1. The highest BCUT2D eigenvalue weighted by molar-refractivity contribution is 6.07. The fourth-order valence-corrected chi connectivity index (χ4v) is 2.81. The van der Waals surface area contributed by atoms with Crippen LogP contribution >= 0.6 is 0 Å². The SMILES string of the molecule is CC1(C2CC2)NC(=O)N(Cc2ccccc2OC(F)F)C1=O. The maximum absolute atomic E-state index is 12.5. The van der Waals surface area contributed by atoms with Gasteiger partial charge < -0.3 is 10.1 Å². The molecule has 5 nitrogen and oxygen atoms in total. The van der Waals surface area contributed by atoms with E-state index in [4.69, 9.17) is 0 Å². The van der Waals surface area contributed by atoms with Crippen molar-refractivity contribution in [2.45, 2.75) is 38.5 Å². The molecule has 3 amide bonds. The Hall–Kier alpha value is -2.18. The zero-order valence-electron chi connectivity index (χ0n) is 12.0. The lowest BCUT2D eigenvalue weighted by atomic mass is 9.96. The minimum Gasteiger partial charge on any atom is -0.434 e. The van der Waals surface area contributed by atoms with Crippen LogP contribution in [0.25, 0.3) is 0 Å². The number of para-hydroxylation sites is 1. The number of alkyl halides is 2. The van der Waals surface area contributed by atoms with E-state index in [0.717, 1.165) is 17.7 Å². The molecule has 1 aromatic rings. The first-order chi connectivity index (χ1) is 10.4. The summed E-state index contributed by atoms with van der Waals surface area (Å²) in [7, 11) is 0. The lowest BCUT2D eigenvalue weighted by Crippen LogP contribution is -2.46. The first-order valence-corrected chi connectivity index (χ1v) is 7.08. The number of carbonyl (C=O) groups is 2. The highest BCUT2D eigenvalue weighted by atomic mass is 19.3. The zero-order chi connectivity index (χ0) is 15.9. The van der Waals surface area contributed by atoms with Gasteiger partial charge in [-0.3, -0.25) is 9.69 Å². The predicted octanol–water partition coefficient (Wildman–Crippen LogP) is 2.51. The largest absolute Gasteiger partial charge is 0.434 e. The molecule has 22 heavy (non-hydrogen) atoms. The topological polar surface area (TPSA) is 58.6 Å². The van der Waals surface area contributed by atoms with Crippen LogP contribution in [0.15, 0.2) is 24.3 Å². The van der Waals surface area contributed by atoms with Crippen molar-refractivity contribution in [1.29, 1.82) is 0 Å². The summed E-state index contributed by atoms with van der Waals surface area (Å²) in [5, 5.41) is 2.72. The Kier molecular flexibility index (Phi) is 3.50. The molecular formula is C15H16F2N2O3. The Labute approximate surface area is 126 Å². The van der Waals surface area contributed by atoms with Crippen LogP contribution < -0.4 is 10.1 Å². The molecule has 0 spiro atoms. The summed E-state index contributed by atoms with van der Waals surface area (Å²) in [6.45, 7) is -1.33. The monoisotopic (exact) mass is 310 g/mol. The van der Waals surface area contributed by atoms with Crippen LogP contribution in [-0.4, -0.2) is 29.0 Å². The highest BCUT2D eigenvalue weighted by Gasteiger charge is 2.55. The molecule has 1 aromatic carbocycles. The molecule has 7 heteroatoms. The number of hydrogen-bond acceptors (Lipinski definition) is 3. The predicted molar refractivity (Wildman–Crippen MR) is 73.3 cm³/mol. The smallest absolute Gasteiger partial charge is 0.387 e. The second kappa shape index (κ2) is 5.23. The van der Waals surface area contributed by atoms with Crippen molar-refractivity contribution in [3.63, 3.8) is 0 Å². The summed E-state index contributed by atoms with van der Waals surface area (Å²) in [6, 6.07) is 5.66. The number of nitrogens with one attached hydrogen (secondary N) is 1. The lowest BCUT2D eigenvalue weighted by molar-refractivity contribution is -0.131. The third-order valence-electron chi connectivity index (χ3n) is 4.21. The van der Waals surface area contributed by atoms with Crippen molar-refractivity contribution in [3.8, 4) is 5.75 Å². The fraction of sp³-hybridized carbons (Fsp3) is 0.467. The molecule has 118 valence electrons. The van der Waals surface area contributed by atoms with Gasteiger partial charge in [0.25, 0.3) is 5.91 Å². The normalized spacial score (nSPS) is 24.8. The van der Waals surface area contributed by atoms with Gasteiger partial charge in [-0.2, -0.15) is 8.78 Å². The van der Waals surface area contributed by atoms with Gasteiger partial charge in [0.15, 0.2) is 0 Å². The Balaban J connectivity index is 1.81. The summed E-state index contributed by atoms with van der Waals surface area (Å²) in [6.07, 6.45) is 1.81. The van der Waals surface area contributed by atoms with Crippen molar-refractivity contribution in [3.05, 3.63) is 29.8 Å². The van der Waals surface area contributed by atoms with Crippen molar-refractivity contribution >= 4 is 11.9 Å². The van der Waals surface area contributed by atoms with E-state index in [0.29, 0.717) is 5.56 Å². The van der Waals surface area contributed by atoms with Crippen molar-refractivity contribution < 1.29 is 23.1 Å². The second-order valence-corrected chi connectivity index (χ2v) is 5.78. The Morgan fingerprint density at radius 1 is 1.36 bits per heavy atom. The molecule has 3 rings (SSSR count). The third-order valence-corrected chi connectivity index (χ3v) is 4.21. The average molecular weight is 310 g/mol. The van der Waals surface area contributed by atoms with Gasteiger partial charge in [-0.25, -0.2) is 4.79 Å². The van der Waals surface area contributed by atoms with Gasteiger partial charge in [0, 0.05) is 5.56 Å². The molecule has 1 atom stereocenters. The van der Waals surface area contributed by atoms with Crippen molar-refractivity contribution in [2.75, 3.05) is 0 Å². The van der Waals surface area contributed by atoms with Gasteiger partial charge in [-0.15, -0.1) is 0 Å². The van der Waals surface area contributed by atoms with E-state index in [1.54, 1.807) is 25.1 Å². The number of urea groups is 1. The quantitative estimate of drug-likeness (QED) is 0.850. The van der Waals surface area contributed by atoms with Gasteiger partial charge in [0.2, 0.25) is 0 Å². The van der Waals surface area contributed by atoms with E-state index in [9.17, 15) is 18.4 Å². The average Bonchev–Trinajstić information content (AvgIpc) is 3.26. The summed E-state index contributed by atoms with van der Waals surface area (Å²) >= 11 is 0. The van der Waals surface area contributed by atoms with Gasteiger partial charge in [0.05, 0.1) is 6.54 Å². The minimum atomic E-state index is -2.96. The molecule has 2 fully saturated rings. The molecule has 0 radical (unpaired) electrons. The molecule has 1 aliphatic heterocycles. The number of amides is 3. The van der Waals surface area contributed by atoms with Crippen molar-refractivity contribution in [1.82, 2.24) is 10.2 Å². The van der Waals surface area contributed by atoms with Gasteiger partial charge >= 0.3 is 12.6 Å². The van der Waals surface area contributed by atoms with Gasteiger partial charge in [0.1, 0.15) is 11.3 Å². The van der Waals surface area contributed by atoms with E-state index in [2.05, 4.69) is 10.1 Å². The van der Waals surface area contributed by atoms with Crippen LogP contribution in [0.5, 0.6) is 5.75 Å². The van der Waals surface area contributed by atoms with Crippen LogP contribution in [0.2, 0.25) is 0 Å². The summed E-state index contributed by atoms with van der Waals surface area (Å²) in [4.78, 5) is 25.6. The number of carbonyl (C=O) groups excluding carboxylic acids is 2. The first kappa shape index (κ1) is 14.7. The van der Waals surface area contributed by atoms with Crippen LogP contribution in [0.4, 0.5) is 13.6 Å². The second-order valence-electron chi connectivity index (χ2n) is 5.78. The summed E-state index contributed by atoms with van der Waals surface area (Å²) < 4.78 is 29.3. The van der Waals surface area contributed by atoms with Crippen molar-refractivity contribution in [2.24, 2.45) is 5.92 Å². The lowest BCUT2D eigenvalue weighted by Gasteiger charge is -2.21. The van der Waals surface area contributed by atoms with Gasteiger partial charge in [-0.05, 0) is 31.7 Å². The summed E-state index contributed by atoms with van der Waals surface area (Å²) in [5.41, 5.74) is -0.512. The van der Waals surface area contributed by atoms with Crippen LogP contribution in [0, 0.1) is 5.92 Å². The van der Waals surface area contributed by atoms with E-state index >= 15 is 0 Å². The molecule has 1 unspecified atom stereocenters. The molecular weight excluding hydrogens is 294 g/mol. The fourth-order valence-electron chi connectivity index (χ4n) is 2.81. The maximum atomic E-state index is 12.5. The van der Waals surface area contributed by atoms with Gasteiger partial charge in [-0.1, -0.05) is 18.2 Å². The van der Waals surface area contributed by atoms with E-state index < -0.39 is 18.2 Å².